The van der Waals surface area contributed by atoms with Crippen LogP contribution in [0.15, 0.2) is 12.5 Å². The van der Waals surface area contributed by atoms with Gasteiger partial charge in [-0.3, -0.25) is 14.4 Å². The van der Waals surface area contributed by atoms with Crippen molar-refractivity contribution in [1.29, 1.82) is 0 Å². The lowest BCUT2D eigenvalue weighted by Crippen LogP contribution is -2.49. The third kappa shape index (κ3) is 3.40. The van der Waals surface area contributed by atoms with Crippen LogP contribution >= 0.6 is 0 Å². The van der Waals surface area contributed by atoms with E-state index in [4.69, 9.17) is 0 Å². The summed E-state index contributed by atoms with van der Waals surface area (Å²) in [6.45, 7) is 1.43. The second kappa shape index (κ2) is 5.64. The summed E-state index contributed by atoms with van der Waals surface area (Å²) in [5.74, 6) is -0.578. The second-order valence-electron chi connectivity index (χ2n) is 4.61. The minimum atomic E-state index is -0.606. The maximum atomic E-state index is 11.9. The lowest BCUT2D eigenvalue weighted by molar-refractivity contribution is -0.129. The molecule has 2 atom stereocenters. The van der Waals surface area contributed by atoms with Crippen molar-refractivity contribution in [1.82, 2.24) is 20.6 Å². The highest BCUT2D eigenvalue weighted by molar-refractivity contribution is 5.94. The van der Waals surface area contributed by atoms with Gasteiger partial charge in [-0.05, 0) is 13.3 Å². The highest BCUT2D eigenvalue weighted by Crippen LogP contribution is 2.07. The predicted molar refractivity (Wildman–Crippen MR) is 66.1 cm³/mol. The molecule has 1 fully saturated rings. The summed E-state index contributed by atoms with van der Waals surface area (Å²) in [4.78, 5) is 41.3. The first-order chi connectivity index (χ1) is 9.06. The second-order valence-corrected chi connectivity index (χ2v) is 4.61. The normalized spacial score (nSPS) is 19.8. The summed E-state index contributed by atoms with van der Waals surface area (Å²) in [5, 5.41) is 5.24. The quantitative estimate of drug-likeness (QED) is 0.654. The third-order valence-corrected chi connectivity index (χ3v) is 3.10. The molecule has 0 saturated carbocycles. The Kier molecular flexibility index (Phi) is 3.94. The first kappa shape index (κ1) is 13.3. The molecule has 0 unspecified atom stereocenters. The molecule has 0 aliphatic carbocycles. The van der Waals surface area contributed by atoms with Crippen molar-refractivity contribution in [3.05, 3.63) is 18.2 Å². The highest BCUT2D eigenvalue weighted by atomic mass is 16.2. The standard InChI is InChI=1S/C12H16N4O3/c1-7(17)10(4-8-5-13-6-14-8)16-12(19)9-2-3-11(18)15-9/h5-6,9-10H,2-4H2,1H3,(H,13,14)(H,15,18)(H,16,19)/t9-,10-/m0/s1. The summed E-state index contributed by atoms with van der Waals surface area (Å²) in [6.07, 6.45) is 4.31. The Labute approximate surface area is 110 Å². The number of Topliss-reactive ketones (excluding diaryl/α,β-unsaturated/α-hetero) is 1. The Morgan fingerprint density at radius 2 is 2.37 bits per heavy atom. The van der Waals surface area contributed by atoms with Crippen LogP contribution in [0.25, 0.3) is 0 Å². The van der Waals surface area contributed by atoms with Crippen molar-refractivity contribution < 1.29 is 14.4 Å². The largest absolute Gasteiger partial charge is 0.348 e. The zero-order chi connectivity index (χ0) is 13.8. The first-order valence-corrected chi connectivity index (χ1v) is 6.13. The fourth-order valence-electron chi connectivity index (χ4n) is 2.00. The van der Waals surface area contributed by atoms with Crippen molar-refractivity contribution >= 4 is 17.6 Å². The van der Waals surface area contributed by atoms with Crippen LogP contribution in [0.5, 0.6) is 0 Å². The molecule has 0 bridgehead atoms. The van der Waals surface area contributed by atoms with Crippen LogP contribution in [-0.4, -0.2) is 39.6 Å². The average molecular weight is 264 g/mol. The molecule has 2 amide bonds. The number of hydrogen-bond acceptors (Lipinski definition) is 4. The fourth-order valence-corrected chi connectivity index (χ4v) is 2.00. The Morgan fingerprint density at radius 1 is 1.58 bits per heavy atom. The lowest BCUT2D eigenvalue weighted by Gasteiger charge is -2.18. The number of ketones is 1. The molecule has 1 aromatic heterocycles. The number of nitrogens with zero attached hydrogens (tertiary/aromatic N) is 1. The van der Waals surface area contributed by atoms with E-state index in [1.54, 1.807) is 6.20 Å². The molecule has 7 nitrogen and oxygen atoms in total. The molecule has 3 N–H and O–H groups in total. The SMILES string of the molecule is CC(=O)[C@H](Cc1cnc[nH]1)NC(=O)[C@@H]1CCC(=O)N1. The molecule has 1 aliphatic rings. The van der Waals surface area contributed by atoms with Gasteiger partial charge in [0.05, 0.1) is 12.4 Å². The molecule has 19 heavy (non-hydrogen) atoms. The predicted octanol–water partition coefficient (Wildman–Crippen LogP) is -0.695. The molecule has 2 heterocycles. The number of aromatic amines is 1. The number of nitrogens with one attached hydrogen (secondary N) is 3. The van der Waals surface area contributed by atoms with Crippen LogP contribution in [0.4, 0.5) is 0 Å². The summed E-state index contributed by atoms with van der Waals surface area (Å²) in [6, 6.07) is -1.14. The van der Waals surface area contributed by atoms with Crippen molar-refractivity contribution in [2.24, 2.45) is 0 Å². The molecule has 7 heteroatoms. The van der Waals surface area contributed by atoms with Crippen molar-refractivity contribution in [3.63, 3.8) is 0 Å². The zero-order valence-corrected chi connectivity index (χ0v) is 10.6. The van der Waals surface area contributed by atoms with E-state index in [0.29, 0.717) is 19.3 Å². The van der Waals surface area contributed by atoms with Crippen LogP contribution in [0.3, 0.4) is 0 Å². The number of carbonyl (C=O) groups is 3. The number of H-pyrrole nitrogens is 1. The van der Waals surface area contributed by atoms with Crippen molar-refractivity contribution in [2.45, 2.75) is 38.3 Å². The molecule has 0 radical (unpaired) electrons. The maximum Gasteiger partial charge on any atom is 0.243 e. The fraction of sp³-hybridized carbons (Fsp3) is 0.500. The van der Waals surface area contributed by atoms with Crippen molar-refractivity contribution in [2.75, 3.05) is 0 Å². The summed E-state index contributed by atoms with van der Waals surface area (Å²) in [7, 11) is 0. The number of imidazole rings is 1. The Hall–Kier alpha value is -2.18. The number of amides is 2. The number of hydrogen-bond donors (Lipinski definition) is 3. The van der Waals surface area contributed by atoms with Crippen LogP contribution in [0.1, 0.15) is 25.5 Å². The maximum absolute atomic E-state index is 11.9. The molecule has 0 aromatic carbocycles. The van der Waals surface area contributed by atoms with Gasteiger partial charge in [-0.1, -0.05) is 0 Å². The lowest BCUT2D eigenvalue weighted by atomic mass is 10.1. The van der Waals surface area contributed by atoms with Gasteiger partial charge in [0.1, 0.15) is 6.04 Å². The van der Waals surface area contributed by atoms with Gasteiger partial charge in [0.15, 0.2) is 5.78 Å². The van der Waals surface area contributed by atoms with E-state index in [2.05, 4.69) is 20.6 Å². The van der Waals surface area contributed by atoms with Crippen LogP contribution in [0, 0.1) is 0 Å². The topological polar surface area (TPSA) is 104 Å². The van der Waals surface area contributed by atoms with Gasteiger partial charge >= 0.3 is 0 Å². The zero-order valence-electron chi connectivity index (χ0n) is 10.6. The number of rotatable bonds is 5. The molecule has 1 aromatic rings. The van der Waals surface area contributed by atoms with E-state index in [0.717, 1.165) is 5.69 Å². The van der Waals surface area contributed by atoms with Gasteiger partial charge in [-0.15, -0.1) is 0 Å². The smallest absolute Gasteiger partial charge is 0.243 e. The van der Waals surface area contributed by atoms with Gasteiger partial charge in [0.25, 0.3) is 0 Å². The van der Waals surface area contributed by atoms with E-state index < -0.39 is 12.1 Å². The number of carbonyl (C=O) groups excluding carboxylic acids is 3. The first-order valence-electron chi connectivity index (χ1n) is 6.13. The van der Waals surface area contributed by atoms with Gasteiger partial charge < -0.3 is 15.6 Å². The van der Waals surface area contributed by atoms with Gasteiger partial charge in [-0.2, -0.15) is 0 Å². The summed E-state index contributed by atoms with van der Waals surface area (Å²) in [5.41, 5.74) is 0.774. The summed E-state index contributed by atoms with van der Waals surface area (Å²) < 4.78 is 0. The summed E-state index contributed by atoms with van der Waals surface area (Å²) >= 11 is 0. The van der Waals surface area contributed by atoms with E-state index in [9.17, 15) is 14.4 Å². The Morgan fingerprint density at radius 3 is 2.89 bits per heavy atom. The van der Waals surface area contributed by atoms with Crippen molar-refractivity contribution in [3.8, 4) is 0 Å². The minimum Gasteiger partial charge on any atom is -0.348 e. The molecular weight excluding hydrogens is 248 g/mol. The molecule has 102 valence electrons. The molecular formula is C12H16N4O3. The van der Waals surface area contributed by atoms with Crippen LogP contribution in [-0.2, 0) is 20.8 Å². The van der Waals surface area contributed by atoms with E-state index in [1.165, 1.54) is 13.3 Å². The highest BCUT2D eigenvalue weighted by Gasteiger charge is 2.29. The number of aromatic nitrogens is 2. The molecule has 1 aliphatic heterocycles. The van der Waals surface area contributed by atoms with Crippen LogP contribution in [0.2, 0.25) is 0 Å². The average Bonchev–Trinajstić information content (AvgIpc) is 2.99. The third-order valence-electron chi connectivity index (χ3n) is 3.10. The van der Waals surface area contributed by atoms with E-state index >= 15 is 0 Å². The van der Waals surface area contributed by atoms with E-state index in [-0.39, 0.29) is 17.6 Å². The van der Waals surface area contributed by atoms with Gasteiger partial charge in [-0.25, -0.2) is 4.98 Å². The Bertz CT molecular complexity index is 483. The van der Waals surface area contributed by atoms with Crippen LogP contribution < -0.4 is 10.6 Å². The van der Waals surface area contributed by atoms with E-state index in [1.807, 2.05) is 0 Å². The Balaban J connectivity index is 1.95. The molecule has 2 rings (SSSR count). The molecule has 0 spiro atoms. The van der Waals surface area contributed by atoms with Gasteiger partial charge in [0, 0.05) is 24.7 Å². The molecule has 1 saturated heterocycles. The minimum absolute atomic E-state index is 0.131. The monoisotopic (exact) mass is 264 g/mol. The van der Waals surface area contributed by atoms with Gasteiger partial charge in [0.2, 0.25) is 11.8 Å².